The molecular weight excluding hydrogens is 267 g/mol. The molecule has 5 heteroatoms. The van der Waals surface area contributed by atoms with E-state index in [2.05, 4.69) is 0 Å². The van der Waals surface area contributed by atoms with Gasteiger partial charge < -0.3 is 4.57 Å². The van der Waals surface area contributed by atoms with Crippen LogP contribution in [0.1, 0.15) is 16.8 Å². The number of rotatable bonds is 1. The molecule has 0 fully saturated rings. The van der Waals surface area contributed by atoms with Crippen molar-refractivity contribution in [3.8, 4) is 11.1 Å². The number of benzene rings is 1. The first-order valence-electron chi connectivity index (χ1n) is 6.06. The molecule has 2 nitrogen and oxygen atoms in total. The third-order valence-corrected chi connectivity index (χ3v) is 3.38. The number of aromatic nitrogens is 1. The second-order valence-electron chi connectivity index (χ2n) is 4.78. The van der Waals surface area contributed by atoms with Gasteiger partial charge in [-0.1, -0.05) is 29.8 Å². The first kappa shape index (κ1) is 14.4. The molecular formula is C15H14F3NO. The zero-order valence-corrected chi connectivity index (χ0v) is 11.4. The molecule has 106 valence electrons. The minimum atomic E-state index is -4.56. The summed E-state index contributed by atoms with van der Waals surface area (Å²) in [6.07, 6.45) is -4.56. The van der Waals surface area contributed by atoms with Crippen molar-refractivity contribution in [2.45, 2.75) is 20.0 Å². The van der Waals surface area contributed by atoms with Crippen LogP contribution in [-0.4, -0.2) is 4.57 Å². The third-order valence-electron chi connectivity index (χ3n) is 3.38. The number of pyridine rings is 1. The minimum Gasteiger partial charge on any atom is -0.315 e. The van der Waals surface area contributed by atoms with Crippen molar-refractivity contribution in [3.05, 3.63) is 57.5 Å². The molecule has 0 saturated heterocycles. The van der Waals surface area contributed by atoms with E-state index in [0.717, 1.165) is 5.56 Å². The van der Waals surface area contributed by atoms with Crippen LogP contribution in [0, 0.1) is 13.8 Å². The van der Waals surface area contributed by atoms with Crippen LogP contribution in [0.15, 0.2) is 35.1 Å². The fraction of sp³-hybridized carbons (Fsp3) is 0.267. The van der Waals surface area contributed by atoms with Crippen molar-refractivity contribution in [2.24, 2.45) is 7.05 Å². The van der Waals surface area contributed by atoms with Crippen LogP contribution >= 0.6 is 0 Å². The average molecular weight is 281 g/mol. The summed E-state index contributed by atoms with van der Waals surface area (Å²) in [5, 5.41) is 0. The van der Waals surface area contributed by atoms with Gasteiger partial charge in [-0.25, -0.2) is 0 Å². The molecule has 1 aromatic carbocycles. The highest BCUT2D eigenvalue weighted by Crippen LogP contribution is 2.37. The highest BCUT2D eigenvalue weighted by Gasteiger charge is 2.35. The highest BCUT2D eigenvalue weighted by atomic mass is 19.4. The van der Waals surface area contributed by atoms with Gasteiger partial charge in [-0.3, -0.25) is 4.79 Å². The Labute approximate surface area is 114 Å². The summed E-state index contributed by atoms with van der Waals surface area (Å²) in [5.41, 5.74) is 0.224. The van der Waals surface area contributed by atoms with Crippen LogP contribution < -0.4 is 5.56 Å². The van der Waals surface area contributed by atoms with Gasteiger partial charge in [0, 0.05) is 24.4 Å². The summed E-state index contributed by atoms with van der Waals surface area (Å²) >= 11 is 0. The molecule has 0 aliphatic heterocycles. The lowest BCUT2D eigenvalue weighted by molar-refractivity contribution is -0.137. The Hall–Kier alpha value is -2.04. The van der Waals surface area contributed by atoms with E-state index in [4.69, 9.17) is 0 Å². The van der Waals surface area contributed by atoms with Crippen molar-refractivity contribution in [1.29, 1.82) is 0 Å². The molecule has 0 aliphatic rings. The predicted octanol–water partition coefficient (Wildman–Crippen LogP) is 3.69. The summed E-state index contributed by atoms with van der Waals surface area (Å²) in [4.78, 5) is 11.6. The van der Waals surface area contributed by atoms with E-state index in [1.54, 1.807) is 24.3 Å². The van der Waals surface area contributed by atoms with Crippen molar-refractivity contribution >= 4 is 0 Å². The lowest BCUT2D eigenvalue weighted by Gasteiger charge is -2.17. The topological polar surface area (TPSA) is 22.0 Å². The number of hydrogen-bond acceptors (Lipinski definition) is 1. The van der Waals surface area contributed by atoms with Crippen molar-refractivity contribution in [3.63, 3.8) is 0 Å². The molecule has 2 rings (SSSR count). The Morgan fingerprint density at radius 2 is 1.60 bits per heavy atom. The average Bonchev–Trinajstić information content (AvgIpc) is 2.36. The van der Waals surface area contributed by atoms with Crippen molar-refractivity contribution < 1.29 is 13.2 Å². The first-order chi connectivity index (χ1) is 9.21. The fourth-order valence-electron chi connectivity index (χ4n) is 2.13. The van der Waals surface area contributed by atoms with Gasteiger partial charge in [-0.2, -0.15) is 13.2 Å². The molecule has 0 aliphatic carbocycles. The molecule has 1 aromatic heterocycles. The van der Waals surface area contributed by atoms with Gasteiger partial charge in [-0.15, -0.1) is 0 Å². The molecule has 0 amide bonds. The summed E-state index contributed by atoms with van der Waals surface area (Å²) in [6.45, 7) is 3.38. The van der Waals surface area contributed by atoms with E-state index in [9.17, 15) is 18.0 Å². The molecule has 0 saturated carbocycles. The summed E-state index contributed by atoms with van der Waals surface area (Å²) in [5.74, 6) is 0. The van der Waals surface area contributed by atoms with E-state index >= 15 is 0 Å². The maximum Gasteiger partial charge on any atom is 0.417 e. The Morgan fingerprint density at radius 1 is 1.05 bits per heavy atom. The van der Waals surface area contributed by atoms with Gasteiger partial charge in [0.2, 0.25) is 0 Å². The molecule has 0 bridgehead atoms. The van der Waals surface area contributed by atoms with E-state index in [-0.39, 0.29) is 5.56 Å². The monoisotopic (exact) mass is 281 g/mol. The van der Waals surface area contributed by atoms with Gasteiger partial charge >= 0.3 is 6.18 Å². The lowest BCUT2D eigenvalue weighted by atomic mass is 9.97. The van der Waals surface area contributed by atoms with Crippen LogP contribution in [0.25, 0.3) is 11.1 Å². The normalized spacial score (nSPS) is 11.7. The maximum atomic E-state index is 13.2. The Kier molecular flexibility index (Phi) is 3.46. The Bertz CT molecular complexity index is 697. The largest absolute Gasteiger partial charge is 0.417 e. The zero-order chi connectivity index (χ0) is 15.1. The van der Waals surface area contributed by atoms with Gasteiger partial charge in [0.25, 0.3) is 5.56 Å². The van der Waals surface area contributed by atoms with Crippen molar-refractivity contribution in [1.82, 2.24) is 4.57 Å². The van der Waals surface area contributed by atoms with Gasteiger partial charge in [0.05, 0.1) is 5.56 Å². The number of alkyl halides is 3. The quantitative estimate of drug-likeness (QED) is 0.781. The predicted molar refractivity (Wildman–Crippen MR) is 71.6 cm³/mol. The van der Waals surface area contributed by atoms with Crippen molar-refractivity contribution in [2.75, 3.05) is 0 Å². The zero-order valence-electron chi connectivity index (χ0n) is 11.4. The van der Waals surface area contributed by atoms with Gasteiger partial charge in [0.15, 0.2) is 0 Å². The van der Waals surface area contributed by atoms with Crippen LogP contribution in [0.5, 0.6) is 0 Å². The number of aryl methyl sites for hydroxylation is 1. The SMILES string of the molecule is Cc1ccc(-c2c(C(F)(F)F)cc(=O)n(C)c2C)cc1. The van der Waals surface area contributed by atoms with Crippen LogP contribution in [-0.2, 0) is 13.2 Å². The molecule has 0 atom stereocenters. The molecule has 0 spiro atoms. The van der Waals surface area contributed by atoms with E-state index < -0.39 is 17.3 Å². The smallest absolute Gasteiger partial charge is 0.315 e. The molecule has 2 aromatic rings. The molecule has 0 radical (unpaired) electrons. The van der Waals surface area contributed by atoms with E-state index in [1.807, 2.05) is 6.92 Å². The lowest BCUT2D eigenvalue weighted by Crippen LogP contribution is -2.23. The second-order valence-corrected chi connectivity index (χ2v) is 4.78. The summed E-state index contributed by atoms with van der Waals surface area (Å²) < 4.78 is 40.7. The number of halogens is 3. The third kappa shape index (κ3) is 2.48. The highest BCUT2D eigenvalue weighted by molar-refractivity contribution is 5.70. The van der Waals surface area contributed by atoms with Crippen LogP contribution in [0.2, 0.25) is 0 Å². The van der Waals surface area contributed by atoms with Gasteiger partial charge in [-0.05, 0) is 19.4 Å². The van der Waals surface area contributed by atoms with E-state index in [1.165, 1.54) is 18.5 Å². The minimum absolute atomic E-state index is 0.0552. The maximum absolute atomic E-state index is 13.2. The second kappa shape index (κ2) is 4.81. The molecule has 1 heterocycles. The standard InChI is InChI=1S/C15H14F3NO/c1-9-4-6-11(7-5-9)14-10(2)19(3)13(20)8-12(14)15(16,17)18/h4-8H,1-3H3. The molecule has 20 heavy (non-hydrogen) atoms. The first-order valence-corrected chi connectivity index (χ1v) is 6.06. The number of nitrogens with zero attached hydrogens (tertiary/aromatic N) is 1. The van der Waals surface area contributed by atoms with Crippen LogP contribution in [0.4, 0.5) is 13.2 Å². The fourth-order valence-corrected chi connectivity index (χ4v) is 2.13. The Balaban J connectivity index is 2.83. The molecule has 0 unspecified atom stereocenters. The Morgan fingerprint density at radius 3 is 2.10 bits per heavy atom. The van der Waals surface area contributed by atoms with E-state index in [0.29, 0.717) is 17.3 Å². The molecule has 0 N–H and O–H groups in total. The number of hydrogen-bond donors (Lipinski definition) is 0. The summed E-state index contributed by atoms with van der Waals surface area (Å²) in [6, 6.07) is 7.43. The summed E-state index contributed by atoms with van der Waals surface area (Å²) in [7, 11) is 1.47. The van der Waals surface area contributed by atoms with Gasteiger partial charge in [0.1, 0.15) is 0 Å². The van der Waals surface area contributed by atoms with Crippen LogP contribution in [0.3, 0.4) is 0 Å².